The van der Waals surface area contributed by atoms with Gasteiger partial charge < -0.3 is 15.5 Å². The van der Waals surface area contributed by atoms with Crippen molar-refractivity contribution in [1.82, 2.24) is 15.3 Å². The molecule has 1 fully saturated rings. The molecular weight excluding hydrogens is 487 g/mol. The molecule has 0 aliphatic heterocycles. The number of hydrogen-bond acceptors (Lipinski definition) is 6. The van der Waals surface area contributed by atoms with E-state index >= 15 is 0 Å². The third kappa shape index (κ3) is 7.25. The number of nitrogens with zero attached hydrogens (tertiary/aromatic N) is 3. The molecule has 1 saturated carbocycles. The Bertz CT molecular complexity index is 1180. The van der Waals surface area contributed by atoms with E-state index in [1.165, 1.54) is 12.1 Å². The lowest BCUT2D eigenvalue weighted by atomic mass is 9.86. The van der Waals surface area contributed by atoms with E-state index in [4.69, 9.17) is 9.97 Å². The molecule has 0 unspecified atom stereocenters. The maximum Gasteiger partial charge on any atom is 0.446 e. The summed E-state index contributed by atoms with van der Waals surface area (Å²) >= 11 is -0.156. The molecule has 1 aliphatic carbocycles. The lowest BCUT2D eigenvalue weighted by molar-refractivity contribution is -0.120. The number of carbonyl (C=O) groups excluding carboxylic acids is 1. The second-order valence-corrected chi connectivity index (χ2v) is 10.5. The number of rotatable bonds is 8. The number of halogens is 3. The maximum absolute atomic E-state index is 12.5. The van der Waals surface area contributed by atoms with E-state index < -0.39 is 5.51 Å². The van der Waals surface area contributed by atoms with Crippen LogP contribution in [-0.2, 0) is 11.2 Å². The number of aromatic nitrogens is 2. The zero-order chi connectivity index (χ0) is 25.7. The van der Waals surface area contributed by atoms with E-state index in [-0.39, 0.29) is 35.0 Å². The fourth-order valence-corrected chi connectivity index (χ4v) is 5.01. The van der Waals surface area contributed by atoms with Crippen molar-refractivity contribution in [3.63, 3.8) is 0 Å². The minimum Gasteiger partial charge on any atom is -0.362 e. The first-order valence-electron chi connectivity index (χ1n) is 12.0. The van der Waals surface area contributed by atoms with Gasteiger partial charge in [-0.1, -0.05) is 24.3 Å². The summed E-state index contributed by atoms with van der Waals surface area (Å²) < 4.78 is 37.4. The highest BCUT2D eigenvalue weighted by atomic mass is 32.2. The molecule has 3 aromatic rings. The molecule has 192 valence electrons. The molecule has 0 atom stereocenters. The highest BCUT2D eigenvalue weighted by Crippen LogP contribution is 2.36. The smallest absolute Gasteiger partial charge is 0.362 e. The molecule has 0 spiro atoms. The molecule has 1 aliphatic rings. The lowest BCUT2D eigenvalue weighted by Gasteiger charge is -2.29. The summed E-state index contributed by atoms with van der Waals surface area (Å²) in [4.78, 5) is 23.9. The number of thioether (sulfide) groups is 1. The lowest BCUT2D eigenvalue weighted by Crippen LogP contribution is -2.34. The Morgan fingerprint density at radius 2 is 1.72 bits per heavy atom. The summed E-state index contributed by atoms with van der Waals surface area (Å²) in [7, 11) is 3.94. The van der Waals surface area contributed by atoms with Crippen molar-refractivity contribution in [2.45, 2.75) is 48.5 Å². The molecule has 6 nitrogen and oxygen atoms in total. The fraction of sp³-hybridized carbons (Fsp3) is 0.423. The number of anilines is 2. The van der Waals surface area contributed by atoms with Crippen LogP contribution >= 0.6 is 11.8 Å². The Hall–Kier alpha value is -3.01. The van der Waals surface area contributed by atoms with Crippen LogP contribution in [0.25, 0.3) is 10.9 Å². The first-order chi connectivity index (χ1) is 17.2. The standard InChI is InChI=1S/C26H30F3N5OS/c1-34(2)24-21-5-3-4-6-22(21)32-25(33-24)31-19-11-7-18(8-12-19)16-30-23(35)15-17-9-13-20(14-10-17)36-26(27,28)29/h3-6,9-10,13-14,18-19H,7-8,11-12,15-16H2,1-2H3,(H,30,35)(H,31,32,33)/t18-,19+. The van der Waals surface area contributed by atoms with Crippen molar-refractivity contribution >= 4 is 40.3 Å². The highest BCUT2D eigenvalue weighted by Gasteiger charge is 2.29. The molecule has 0 radical (unpaired) electrons. The van der Waals surface area contributed by atoms with Gasteiger partial charge in [0.1, 0.15) is 5.82 Å². The van der Waals surface area contributed by atoms with Crippen LogP contribution in [0.5, 0.6) is 0 Å². The van der Waals surface area contributed by atoms with Crippen molar-refractivity contribution < 1.29 is 18.0 Å². The number of fused-ring (bicyclic) bond motifs is 1. The summed E-state index contributed by atoms with van der Waals surface area (Å²) in [5.74, 6) is 1.79. The minimum absolute atomic E-state index is 0.115. The van der Waals surface area contributed by atoms with Gasteiger partial charge in [0, 0.05) is 37.0 Å². The number of alkyl halides is 3. The largest absolute Gasteiger partial charge is 0.446 e. The van der Waals surface area contributed by atoms with Crippen LogP contribution in [0.3, 0.4) is 0 Å². The first kappa shape index (κ1) is 26.1. The average Bonchev–Trinajstić information content (AvgIpc) is 2.83. The van der Waals surface area contributed by atoms with Crippen LogP contribution in [0.15, 0.2) is 53.4 Å². The average molecular weight is 518 g/mol. The van der Waals surface area contributed by atoms with Crippen molar-refractivity contribution in [1.29, 1.82) is 0 Å². The van der Waals surface area contributed by atoms with Gasteiger partial charge in [0.2, 0.25) is 11.9 Å². The van der Waals surface area contributed by atoms with Gasteiger partial charge in [0.15, 0.2) is 0 Å². The molecule has 1 heterocycles. The third-order valence-corrected chi connectivity index (χ3v) is 7.04. The van der Waals surface area contributed by atoms with Gasteiger partial charge in [-0.3, -0.25) is 4.79 Å². The van der Waals surface area contributed by atoms with Crippen LogP contribution in [0, 0.1) is 5.92 Å². The second kappa shape index (κ2) is 11.4. The Morgan fingerprint density at radius 3 is 2.39 bits per heavy atom. The van der Waals surface area contributed by atoms with E-state index in [1.807, 2.05) is 43.3 Å². The molecule has 36 heavy (non-hydrogen) atoms. The summed E-state index contributed by atoms with van der Waals surface area (Å²) in [6.45, 7) is 0.602. The normalized spacial score (nSPS) is 18.1. The molecular formula is C26H30F3N5OS. The van der Waals surface area contributed by atoms with Crippen molar-refractivity contribution in [2.24, 2.45) is 5.92 Å². The van der Waals surface area contributed by atoms with E-state index in [2.05, 4.69) is 10.6 Å². The summed E-state index contributed by atoms with van der Waals surface area (Å²) in [5, 5.41) is 7.50. The summed E-state index contributed by atoms with van der Waals surface area (Å²) in [5.41, 5.74) is -2.71. The predicted molar refractivity (Wildman–Crippen MR) is 138 cm³/mol. The first-order valence-corrected chi connectivity index (χ1v) is 12.8. The third-order valence-electron chi connectivity index (χ3n) is 6.30. The van der Waals surface area contributed by atoms with Gasteiger partial charge in [-0.15, -0.1) is 0 Å². The molecule has 10 heteroatoms. The number of benzene rings is 2. The van der Waals surface area contributed by atoms with E-state index in [0.717, 1.165) is 42.4 Å². The molecule has 0 bridgehead atoms. The number of nitrogens with one attached hydrogen (secondary N) is 2. The minimum atomic E-state index is -4.31. The van der Waals surface area contributed by atoms with Crippen LogP contribution in [-0.4, -0.2) is 48.1 Å². The number of carbonyl (C=O) groups is 1. The Kier molecular flexibility index (Phi) is 8.23. The molecule has 0 saturated heterocycles. The topological polar surface area (TPSA) is 70.2 Å². The summed E-state index contributed by atoms with van der Waals surface area (Å²) in [6, 6.07) is 14.2. The Balaban J connectivity index is 1.23. The maximum atomic E-state index is 12.5. The number of amides is 1. The van der Waals surface area contributed by atoms with Crippen LogP contribution in [0.2, 0.25) is 0 Å². The number of para-hydroxylation sites is 1. The van der Waals surface area contributed by atoms with E-state index in [1.54, 1.807) is 12.1 Å². The van der Waals surface area contributed by atoms with Gasteiger partial charge >= 0.3 is 5.51 Å². The molecule has 2 N–H and O–H groups in total. The van der Waals surface area contributed by atoms with Gasteiger partial charge in [-0.2, -0.15) is 18.2 Å². The SMILES string of the molecule is CN(C)c1nc(N[C@H]2CC[C@@H](CNC(=O)Cc3ccc(SC(F)(F)F)cc3)CC2)nc2ccccc12. The van der Waals surface area contributed by atoms with Gasteiger partial charge in [0.05, 0.1) is 11.9 Å². The summed E-state index contributed by atoms with van der Waals surface area (Å²) in [6.07, 6.45) is 4.05. The predicted octanol–water partition coefficient (Wildman–Crippen LogP) is 5.64. The van der Waals surface area contributed by atoms with Crippen molar-refractivity contribution in [2.75, 3.05) is 30.9 Å². The molecule has 1 amide bonds. The van der Waals surface area contributed by atoms with Gasteiger partial charge in [-0.25, -0.2) is 4.98 Å². The van der Waals surface area contributed by atoms with E-state index in [9.17, 15) is 18.0 Å². The van der Waals surface area contributed by atoms with Gasteiger partial charge in [-0.05, 0) is 73.2 Å². The zero-order valence-corrected chi connectivity index (χ0v) is 21.1. The fourth-order valence-electron chi connectivity index (χ4n) is 4.47. The zero-order valence-electron chi connectivity index (χ0n) is 20.3. The monoisotopic (exact) mass is 517 g/mol. The number of hydrogen-bond donors (Lipinski definition) is 2. The highest BCUT2D eigenvalue weighted by molar-refractivity contribution is 8.00. The van der Waals surface area contributed by atoms with Crippen molar-refractivity contribution in [3.05, 3.63) is 54.1 Å². The second-order valence-electron chi connectivity index (χ2n) is 9.32. The molecule has 2 aromatic carbocycles. The Labute approximate surface area is 213 Å². The van der Waals surface area contributed by atoms with Crippen LogP contribution in [0.4, 0.5) is 24.9 Å². The van der Waals surface area contributed by atoms with E-state index in [0.29, 0.717) is 24.0 Å². The molecule has 4 rings (SSSR count). The van der Waals surface area contributed by atoms with Crippen LogP contribution in [0.1, 0.15) is 31.2 Å². The van der Waals surface area contributed by atoms with Crippen molar-refractivity contribution in [3.8, 4) is 0 Å². The van der Waals surface area contributed by atoms with Gasteiger partial charge in [0.25, 0.3) is 0 Å². The van der Waals surface area contributed by atoms with Crippen LogP contribution < -0.4 is 15.5 Å². The quantitative estimate of drug-likeness (QED) is 0.377. The molecule has 1 aromatic heterocycles. The Morgan fingerprint density at radius 1 is 1.03 bits per heavy atom.